The highest BCUT2D eigenvalue weighted by atomic mass is 16.5. The van der Waals surface area contributed by atoms with Crippen LogP contribution in [0.4, 0.5) is 0 Å². The molecule has 1 N–H and O–H groups in total. The molecular weight excluding hydrogens is 250 g/mol. The summed E-state index contributed by atoms with van der Waals surface area (Å²) in [4.78, 5) is 0. The van der Waals surface area contributed by atoms with Gasteiger partial charge < -0.3 is 14.8 Å². The Morgan fingerprint density at radius 1 is 1.25 bits per heavy atom. The fourth-order valence-corrected chi connectivity index (χ4v) is 3.30. The standard InChI is InChI=1S/C17H25NO2/c1-2-18-17-5-3-4-13-6-7-15(12-16(13)17)20-14-8-10-19-11-9-14/h6-7,12,14,17-18H,2-5,8-11H2,1H3. The van der Waals surface area contributed by atoms with Crippen molar-refractivity contribution in [3.8, 4) is 5.75 Å². The van der Waals surface area contributed by atoms with Gasteiger partial charge in [0, 0.05) is 18.9 Å². The molecule has 1 aliphatic carbocycles. The molecule has 3 rings (SSSR count). The van der Waals surface area contributed by atoms with Crippen LogP contribution in [0.2, 0.25) is 0 Å². The van der Waals surface area contributed by atoms with Gasteiger partial charge in [-0.3, -0.25) is 0 Å². The number of ether oxygens (including phenoxy) is 2. The van der Waals surface area contributed by atoms with Crippen LogP contribution >= 0.6 is 0 Å². The van der Waals surface area contributed by atoms with E-state index in [2.05, 4.69) is 30.4 Å². The molecule has 1 aromatic carbocycles. The zero-order valence-corrected chi connectivity index (χ0v) is 12.4. The van der Waals surface area contributed by atoms with Crippen molar-refractivity contribution in [2.75, 3.05) is 19.8 Å². The smallest absolute Gasteiger partial charge is 0.120 e. The van der Waals surface area contributed by atoms with Crippen molar-refractivity contribution in [1.82, 2.24) is 5.32 Å². The number of nitrogens with one attached hydrogen (secondary N) is 1. The van der Waals surface area contributed by atoms with E-state index in [-0.39, 0.29) is 0 Å². The zero-order valence-electron chi connectivity index (χ0n) is 12.4. The Labute approximate surface area is 121 Å². The molecule has 1 unspecified atom stereocenters. The van der Waals surface area contributed by atoms with Gasteiger partial charge in [-0.15, -0.1) is 0 Å². The summed E-state index contributed by atoms with van der Waals surface area (Å²) in [7, 11) is 0. The summed E-state index contributed by atoms with van der Waals surface area (Å²) in [6, 6.07) is 7.16. The summed E-state index contributed by atoms with van der Waals surface area (Å²) >= 11 is 0. The van der Waals surface area contributed by atoms with Gasteiger partial charge in [-0.05, 0) is 49.1 Å². The van der Waals surface area contributed by atoms with Crippen LogP contribution in [0.25, 0.3) is 0 Å². The van der Waals surface area contributed by atoms with Crippen LogP contribution in [-0.2, 0) is 11.2 Å². The summed E-state index contributed by atoms with van der Waals surface area (Å²) < 4.78 is 11.5. The summed E-state index contributed by atoms with van der Waals surface area (Å²) in [5.74, 6) is 1.03. The van der Waals surface area contributed by atoms with E-state index in [9.17, 15) is 0 Å². The lowest BCUT2D eigenvalue weighted by Crippen LogP contribution is -2.27. The monoisotopic (exact) mass is 275 g/mol. The van der Waals surface area contributed by atoms with Crippen molar-refractivity contribution < 1.29 is 9.47 Å². The van der Waals surface area contributed by atoms with Gasteiger partial charge in [-0.1, -0.05) is 13.0 Å². The van der Waals surface area contributed by atoms with Crippen molar-refractivity contribution in [3.63, 3.8) is 0 Å². The van der Waals surface area contributed by atoms with Crippen molar-refractivity contribution in [3.05, 3.63) is 29.3 Å². The van der Waals surface area contributed by atoms with E-state index < -0.39 is 0 Å². The minimum absolute atomic E-state index is 0.322. The molecule has 0 bridgehead atoms. The molecule has 110 valence electrons. The maximum Gasteiger partial charge on any atom is 0.120 e. The Hall–Kier alpha value is -1.06. The van der Waals surface area contributed by atoms with Crippen LogP contribution in [0.15, 0.2) is 18.2 Å². The highest BCUT2D eigenvalue weighted by Crippen LogP contribution is 2.33. The Balaban J connectivity index is 1.74. The van der Waals surface area contributed by atoms with Gasteiger partial charge in [0.15, 0.2) is 0 Å². The lowest BCUT2D eigenvalue weighted by atomic mass is 9.87. The number of fused-ring (bicyclic) bond motifs is 1. The second-order valence-corrected chi connectivity index (χ2v) is 5.79. The first-order chi connectivity index (χ1) is 9.86. The fourth-order valence-electron chi connectivity index (χ4n) is 3.30. The molecule has 1 saturated heterocycles. The second-order valence-electron chi connectivity index (χ2n) is 5.79. The van der Waals surface area contributed by atoms with E-state index in [0.29, 0.717) is 12.1 Å². The van der Waals surface area contributed by atoms with E-state index in [1.807, 2.05) is 0 Å². The first-order valence-electron chi connectivity index (χ1n) is 7.97. The molecule has 0 spiro atoms. The van der Waals surface area contributed by atoms with Gasteiger partial charge in [0.05, 0.1) is 13.2 Å². The van der Waals surface area contributed by atoms with Crippen LogP contribution in [0.3, 0.4) is 0 Å². The number of hydrogen-bond donors (Lipinski definition) is 1. The van der Waals surface area contributed by atoms with E-state index in [0.717, 1.165) is 38.3 Å². The van der Waals surface area contributed by atoms with Gasteiger partial charge >= 0.3 is 0 Å². The largest absolute Gasteiger partial charge is 0.490 e. The summed E-state index contributed by atoms with van der Waals surface area (Å²) in [6.45, 7) is 4.86. The quantitative estimate of drug-likeness (QED) is 0.915. The minimum Gasteiger partial charge on any atom is -0.490 e. The zero-order chi connectivity index (χ0) is 13.8. The molecule has 3 heteroatoms. The summed E-state index contributed by atoms with van der Waals surface area (Å²) in [5.41, 5.74) is 2.93. The molecule has 3 nitrogen and oxygen atoms in total. The van der Waals surface area contributed by atoms with Gasteiger partial charge in [-0.2, -0.15) is 0 Å². The third kappa shape index (κ3) is 3.15. The van der Waals surface area contributed by atoms with Crippen molar-refractivity contribution >= 4 is 0 Å². The number of hydrogen-bond acceptors (Lipinski definition) is 3. The maximum absolute atomic E-state index is 6.14. The topological polar surface area (TPSA) is 30.5 Å². The van der Waals surface area contributed by atoms with E-state index in [4.69, 9.17) is 9.47 Å². The van der Waals surface area contributed by atoms with Crippen LogP contribution in [-0.4, -0.2) is 25.9 Å². The minimum atomic E-state index is 0.322. The number of aryl methyl sites for hydroxylation is 1. The molecule has 0 saturated carbocycles. The summed E-state index contributed by atoms with van der Waals surface area (Å²) in [5, 5.41) is 3.60. The van der Waals surface area contributed by atoms with Gasteiger partial charge in [-0.25, -0.2) is 0 Å². The third-order valence-electron chi connectivity index (χ3n) is 4.35. The van der Waals surface area contributed by atoms with E-state index in [1.54, 1.807) is 0 Å². The maximum atomic E-state index is 6.14. The average Bonchev–Trinajstić information content (AvgIpc) is 2.49. The van der Waals surface area contributed by atoms with Crippen LogP contribution in [0.5, 0.6) is 5.75 Å². The molecule has 20 heavy (non-hydrogen) atoms. The predicted octanol–water partition coefficient (Wildman–Crippen LogP) is 3.23. The second kappa shape index (κ2) is 6.59. The van der Waals surface area contributed by atoms with Crippen molar-refractivity contribution in [2.24, 2.45) is 0 Å². The fraction of sp³-hybridized carbons (Fsp3) is 0.647. The van der Waals surface area contributed by atoms with Gasteiger partial charge in [0.25, 0.3) is 0 Å². The molecule has 1 fully saturated rings. The van der Waals surface area contributed by atoms with E-state index >= 15 is 0 Å². The Kier molecular flexibility index (Phi) is 4.58. The lowest BCUT2D eigenvalue weighted by molar-refractivity contribution is 0.0255. The molecule has 1 aromatic rings. The molecule has 0 radical (unpaired) electrons. The van der Waals surface area contributed by atoms with E-state index in [1.165, 1.54) is 30.4 Å². The molecule has 1 heterocycles. The Morgan fingerprint density at radius 2 is 2.10 bits per heavy atom. The predicted molar refractivity (Wildman–Crippen MR) is 80.3 cm³/mol. The van der Waals surface area contributed by atoms with Gasteiger partial charge in [0.1, 0.15) is 11.9 Å². The van der Waals surface area contributed by atoms with Crippen LogP contribution in [0, 0.1) is 0 Å². The van der Waals surface area contributed by atoms with Crippen molar-refractivity contribution in [2.45, 2.75) is 51.2 Å². The highest BCUT2D eigenvalue weighted by molar-refractivity contribution is 5.39. The molecule has 1 atom stereocenters. The highest BCUT2D eigenvalue weighted by Gasteiger charge is 2.21. The lowest BCUT2D eigenvalue weighted by Gasteiger charge is -2.28. The molecular formula is C17H25NO2. The van der Waals surface area contributed by atoms with Crippen LogP contribution in [0.1, 0.15) is 49.8 Å². The van der Waals surface area contributed by atoms with Gasteiger partial charge in [0.2, 0.25) is 0 Å². The summed E-state index contributed by atoms with van der Waals surface area (Å²) in [6.07, 6.45) is 6.06. The average molecular weight is 275 g/mol. The first kappa shape index (κ1) is 13.9. The normalized spacial score (nSPS) is 23.4. The Bertz CT molecular complexity index is 441. The number of benzene rings is 1. The molecule has 0 amide bonds. The van der Waals surface area contributed by atoms with Crippen LogP contribution < -0.4 is 10.1 Å². The SMILES string of the molecule is CCNC1CCCc2ccc(OC3CCOCC3)cc21. The Morgan fingerprint density at radius 3 is 2.90 bits per heavy atom. The van der Waals surface area contributed by atoms with Crippen molar-refractivity contribution in [1.29, 1.82) is 0 Å². The number of rotatable bonds is 4. The molecule has 0 aromatic heterocycles. The molecule has 1 aliphatic heterocycles. The third-order valence-corrected chi connectivity index (χ3v) is 4.35. The first-order valence-corrected chi connectivity index (χ1v) is 7.97. The molecule has 2 aliphatic rings.